The van der Waals surface area contributed by atoms with E-state index in [0.717, 1.165) is 5.84 Å². The average molecular weight is 120 g/mol. The fourth-order valence-electron chi connectivity index (χ4n) is 0.807. The van der Waals surface area contributed by atoms with Crippen molar-refractivity contribution in [3.8, 4) is 0 Å². The summed E-state index contributed by atoms with van der Waals surface area (Å²) in [5, 5.41) is 1.85. The molecule has 0 aromatic carbocycles. The summed E-state index contributed by atoms with van der Waals surface area (Å²) in [5.74, 6) is 0.942. The Hall–Kier alpha value is -1.25. The van der Waals surface area contributed by atoms with Gasteiger partial charge in [0, 0.05) is 12.4 Å². The molecular weight excluding hydrogens is 114 g/mol. The largest absolute Gasteiger partial charge is 0.304 e. The van der Waals surface area contributed by atoms with Gasteiger partial charge in [0.1, 0.15) is 5.84 Å². The van der Waals surface area contributed by atoms with Gasteiger partial charge in [0.2, 0.25) is 0 Å². The molecule has 0 spiro atoms. The van der Waals surface area contributed by atoms with Crippen molar-refractivity contribution in [3.05, 3.63) is 31.1 Å². The lowest BCUT2D eigenvalue weighted by Gasteiger charge is -2.17. The molecule has 0 unspecified atom stereocenters. The van der Waals surface area contributed by atoms with Gasteiger partial charge in [-0.2, -0.15) is 0 Å². The third-order valence-electron chi connectivity index (χ3n) is 1.22. The van der Waals surface area contributed by atoms with Crippen molar-refractivity contribution in [1.29, 1.82) is 0 Å². The summed E-state index contributed by atoms with van der Waals surface area (Å²) in [5.41, 5.74) is 2.97. The molecular formula is C6H6N3. The molecule has 1 radical (unpaired) electrons. The number of aliphatic imine (C=N–C) groups is 1. The lowest BCUT2D eigenvalue weighted by Crippen LogP contribution is -2.31. The number of nitrogens with one attached hydrogen (secondary N) is 1. The van der Waals surface area contributed by atoms with Crippen molar-refractivity contribution in [1.82, 2.24) is 10.4 Å². The third kappa shape index (κ3) is 0.614. The highest BCUT2D eigenvalue weighted by atomic mass is 15.5. The number of rotatable bonds is 0. The lowest BCUT2D eigenvalue weighted by molar-refractivity contribution is 0.462. The summed E-state index contributed by atoms with van der Waals surface area (Å²) in [7, 11) is 0. The number of hydrogen-bond donors (Lipinski definition) is 1. The first-order chi connectivity index (χ1) is 4.47. The van der Waals surface area contributed by atoms with Crippen LogP contribution in [-0.2, 0) is 0 Å². The van der Waals surface area contributed by atoms with Crippen LogP contribution in [0.3, 0.4) is 0 Å². The molecule has 0 aromatic heterocycles. The third-order valence-corrected chi connectivity index (χ3v) is 1.22. The van der Waals surface area contributed by atoms with Gasteiger partial charge < -0.3 is 5.43 Å². The fourth-order valence-corrected chi connectivity index (χ4v) is 0.807. The molecule has 0 amide bonds. The second kappa shape index (κ2) is 1.62. The molecule has 2 aliphatic rings. The Kier molecular flexibility index (Phi) is 0.828. The topological polar surface area (TPSA) is 27.6 Å². The van der Waals surface area contributed by atoms with Crippen LogP contribution in [-0.4, -0.2) is 10.8 Å². The van der Waals surface area contributed by atoms with E-state index in [2.05, 4.69) is 10.4 Å². The summed E-state index contributed by atoms with van der Waals surface area (Å²) >= 11 is 0. The van der Waals surface area contributed by atoms with E-state index in [9.17, 15) is 0 Å². The van der Waals surface area contributed by atoms with Gasteiger partial charge in [-0.05, 0) is 12.2 Å². The minimum absolute atomic E-state index is 0.942. The number of nitrogens with zero attached hydrogens (tertiary/aromatic N) is 2. The number of hydrogen-bond acceptors (Lipinski definition) is 3. The maximum absolute atomic E-state index is 4.07. The highest BCUT2D eigenvalue weighted by molar-refractivity contribution is 5.95. The van der Waals surface area contributed by atoms with Gasteiger partial charge >= 0.3 is 0 Å². The molecule has 0 fully saturated rings. The Bertz CT molecular complexity index is 202. The molecule has 0 bridgehead atoms. The van der Waals surface area contributed by atoms with Crippen LogP contribution in [0.25, 0.3) is 0 Å². The van der Waals surface area contributed by atoms with Gasteiger partial charge in [-0.25, -0.2) is 4.99 Å². The number of hydrazine groups is 1. The van der Waals surface area contributed by atoms with E-state index < -0.39 is 0 Å². The van der Waals surface area contributed by atoms with Gasteiger partial charge in [0.05, 0.1) is 6.54 Å². The average Bonchev–Trinajstić information content (AvgIpc) is 2.33. The van der Waals surface area contributed by atoms with E-state index >= 15 is 0 Å². The lowest BCUT2D eigenvalue weighted by atomic mass is 10.4. The van der Waals surface area contributed by atoms with Crippen LogP contribution in [0.2, 0.25) is 0 Å². The van der Waals surface area contributed by atoms with Crippen LogP contribution < -0.4 is 5.43 Å². The van der Waals surface area contributed by atoms with Crippen LogP contribution in [0.1, 0.15) is 0 Å². The van der Waals surface area contributed by atoms with Crippen LogP contribution in [0.15, 0.2) is 29.5 Å². The molecule has 0 aromatic rings. The molecule has 2 rings (SSSR count). The van der Waals surface area contributed by atoms with Crippen molar-refractivity contribution in [2.45, 2.75) is 0 Å². The Morgan fingerprint density at radius 3 is 3.44 bits per heavy atom. The van der Waals surface area contributed by atoms with Crippen molar-refractivity contribution in [2.75, 3.05) is 0 Å². The molecule has 45 valence electrons. The standard InChI is InChI=1S/C6H6N3/c1-3-7-6-2-4-8-9(6)5-1/h1-5,8H. The first-order valence-corrected chi connectivity index (χ1v) is 2.76. The first-order valence-electron chi connectivity index (χ1n) is 2.76. The Morgan fingerprint density at radius 2 is 2.56 bits per heavy atom. The number of fused-ring (bicyclic) bond motifs is 1. The van der Waals surface area contributed by atoms with Crippen molar-refractivity contribution in [3.63, 3.8) is 0 Å². The highest BCUT2D eigenvalue weighted by Crippen LogP contribution is 2.05. The molecule has 2 aliphatic heterocycles. The van der Waals surface area contributed by atoms with Crippen LogP contribution >= 0.6 is 0 Å². The normalized spacial score (nSPS) is 21.3. The second-order valence-electron chi connectivity index (χ2n) is 1.81. The molecule has 0 atom stereocenters. The van der Waals surface area contributed by atoms with Crippen LogP contribution in [0, 0.1) is 6.54 Å². The summed E-state index contributed by atoms with van der Waals surface area (Å²) in [6, 6.07) is 0. The molecule has 0 aliphatic carbocycles. The predicted molar refractivity (Wildman–Crippen MR) is 35.0 cm³/mol. The zero-order valence-electron chi connectivity index (χ0n) is 4.78. The molecule has 0 saturated carbocycles. The Morgan fingerprint density at radius 1 is 1.56 bits per heavy atom. The summed E-state index contributed by atoms with van der Waals surface area (Å²) in [4.78, 5) is 4.07. The maximum atomic E-state index is 4.07. The van der Waals surface area contributed by atoms with Gasteiger partial charge in [0.25, 0.3) is 0 Å². The van der Waals surface area contributed by atoms with Crippen LogP contribution in [0.5, 0.6) is 0 Å². The molecule has 0 saturated heterocycles. The SMILES string of the molecule is [CH]1C=CN=C2C=CNN12. The monoisotopic (exact) mass is 120 g/mol. The maximum Gasteiger partial charge on any atom is 0.149 e. The van der Waals surface area contributed by atoms with E-state index in [1.54, 1.807) is 6.20 Å². The van der Waals surface area contributed by atoms with E-state index in [1.165, 1.54) is 0 Å². The second-order valence-corrected chi connectivity index (χ2v) is 1.81. The van der Waals surface area contributed by atoms with Gasteiger partial charge in [0.15, 0.2) is 0 Å². The highest BCUT2D eigenvalue weighted by Gasteiger charge is 2.12. The summed E-state index contributed by atoms with van der Waals surface area (Å²) in [6.45, 7) is 1.92. The predicted octanol–water partition coefficient (Wildman–Crippen LogP) is 0.408. The summed E-state index contributed by atoms with van der Waals surface area (Å²) < 4.78 is 0. The first kappa shape index (κ1) is 4.61. The smallest absolute Gasteiger partial charge is 0.149 e. The fraction of sp³-hybridized carbons (Fsp3) is 0. The molecule has 1 N–H and O–H groups in total. The zero-order chi connectivity index (χ0) is 6.10. The molecule has 3 heteroatoms. The molecule has 9 heavy (non-hydrogen) atoms. The van der Waals surface area contributed by atoms with Crippen molar-refractivity contribution < 1.29 is 0 Å². The Labute approximate surface area is 53.3 Å². The van der Waals surface area contributed by atoms with Gasteiger partial charge in [-0.3, -0.25) is 5.01 Å². The minimum atomic E-state index is 0.942. The minimum Gasteiger partial charge on any atom is -0.304 e. The summed E-state index contributed by atoms with van der Waals surface area (Å²) in [6.07, 6.45) is 7.41. The molecule has 3 nitrogen and oxygen atoms in total. The van der Waals surface area contributed by atoms with E-state index in [-0.39, 0.29) is 0 Å². The van der Waals surface area contributed by atoms with Crippen LogP contribution in [0.4, 0.5) is 0 Å². The van der Waals surface area contributed by atoms with E-state index in [1.807, 2.05) is 29.9 Å². The van der Waals surface area contributed by atoms with Gasteiger partial charge in [-0.15, -0.1) is 0 Å². The van der Waals surface area contributed by atoms with Crippen molar-refractivity contribution in [2.24, 2.45) is 4.99 Å². The Balaban J connectivity index is 2.31. The number of amidine groups is 1. The molecule has 2 heterocycles. The van der Waals surface area contributed by atoms with Gasteiger partial charge in [-0.1, -0.05) is 0 Å². The quantitative estimate of drug-likeness (QED) is 0.501. The van der Waals surface area contributed by atoms with Crippen molar-refractivity contribution >= 4 is 5.84 Å². The van der Waals surface area contributed by atoms with E-state index in [4.69, 9.17) is 0 Å². The van der Waals surface area contributed by atoms with E-state index in [0.29, 0.717) is 0 Å². The zero-order valence-corrected chi connectivity index (χ0v) is 4.78.